The molecule has 106 valence electrons. The summed E-state index contributed by atoms with van der Waals surface area (Å²) >= 11 is 0. The first-order chi connectivity index (χ1) is 9.69. The molecule has 0 aliphatic carbocycles. The number of nitrogens with one attached hydrogen (secondary N) is 2. The number of hydrogen-bond acceptors (Lipinski definition) is 3. The predicted molar refractivity (Wildman–Crippen MR) is 79.2 cm³/mol. The minimum absolute atomic E-state index is 0.0261. The van der Waals surface area contributed by atoms with Crippen LogP contribution in [0, 0.1) is 23.2 Å². The molecule has 0 radical (unpaired) electrons. The monoisotopic (exact) mass is 271 g/mol. The fourth-order valence-electron chi connectivity index (χ4n) is 2.70. The Kier molecular flexibility index (Phi) is 5.14. The first-order valence-corrected chi connectivity index (χ1v) is 7.20. The first-order valence-electron chi connectivity index (χ1n) is 7.20. The van der Waals surface area contributed by atoms with Crippen molar-refractivity contribution in [3.05, 3.63) is 29.8 Å². The quantitative estimate of drug-likeness (QED) is 0.884. The highest BCUT2D eigenvalue weighted by atomic mass is 16.1. The number of anilines is 1. The van der Waals surface area contributed by atoms with Gasteiger partial charge in [-0.15, -0.1) is 0 Å². The van der Waals surface area contributed by atoms with Gasteiger partial charge in [0.25, 0.3) is 0 Å². The van der Waals surface area contributed by atoms with Gasteiger partial charge in [-0.2, -0.15) is 5.26 Å². The van der Waals surface area contributed by atoms with Crippen LogP contribution < -0.4 is 10.6 Å². The molecule has 2 unspecified atom stereocenters. The van der Waals surface area contributed by atoms with Crippen molar-refractivity contribution in [2.24, 2.45) is 11.8 Å². The smallest absolute Gasteiger partial charge is 0.224 e. The van der Waals surface area contributed by atoms with Crippen LogP contribution in [-0.4, -0.2) is 19.0 Å². The number of rotatable bonds is 4. The number of amides is 1. The summed E-state index contributed by atoms with van der Waals surface area (Å²) in [5.41, 5.74) is 1.26. The molecule has 1 fully saturated rings. The fourth-order valence-corrected chi connectivity index (χ4v) is 2.70. The molecule has 4 heteroatoms. The van der Waals surface area contributed by atoms with Crippen molar-refractivity contribution >= 4 is 11.6 Å². The van der Waals surface area contributed by atoms with E-state index < -0.39 is 0 Å². The summed E-state index contributed by atoms with van der Waals surface area (Å²) in [6, 6.07) is 9.09. The van der Waals surface area contributed by atoms with Crippen LogP contribution in [-0.2, 0) is 4.79 Å². The van der Waals surface area contributed by atoms with Gasteiger partial charge in [-0.25, -0.2) is 0 Å². The van der Waals surface area contributed by atoms with E-state index in [4.69, 9.17) is 5.26 Å². The summed E-state index contributed by atoms with van der Waals surface area (Å²) in [6.07, 6.45) is 2.93. The van der Waals surface area contributed by atoms with Gasteiger partial charge >= 0.3 is 0 Å². The second kappa shape index (κ2) is 7.06. The van der Waals surface area contributed by atoms with Crippen LogP contribution in [0.4, 0.5) is 5.69 Å². The molecule has 2 atom stereocenters. The third-order valence-electron chi connectivity index (χ3n) is 3.92. The number of carbonyl (C=O) groups excluding carboxylic acids is 1. The molecule has 1 amide bonds. The average molecular weight is 271 g/mol. The molecular formula is C16H21N3O. The van der Waals surface area contributed by atoms with Crippen molar-refractivity contribution in [3.8, 4) is 6.07 Å². The van der Waals surface area contributed by atoms with E-state index in [1.165, 1.54) is 12.8 Å². The van der Waals surface area contributed by atoms with E-state index in [9.17, 15) is 4.79 Å². The molecule has 1 aliphatic heterocycles. The lowest BCUT2D eigenvalue weighted by molar-refractivity contribution is -0.117. The fraction of sp³-hybridized carbons (Fsp3) is 0.500. The van der Waals surface area contributed by atoms with Crippen LogP contribution in [0.15, 0.2) is 24.3 Å². The zero-order chi connectivity index (χ0) is 14.4. The SMILES string of the molecule is CC(CC(=O)Nc1cccc(C#N)c1)C1CCCNC1. The summed E-state index contributed by atoms with van der Waals surface area (Å²) < 4.78 is 0. The molecule has 1 heterocycles. The largest absolute Gasteiger partial charge is 0.326 e. The van der Waals surface area contributed by atoms with Gasteiger partial charge in [0.1, 0.15) is 0 Å². The second-order valence-electron chi connectivity index (χ2n) is 5.53. The number of nitriles is 1. The minimum Gasteiger partial charge on any atom is -0.326 e. The number of carbonyl (C=O) groups is 1. The van der Waals surface area contributed by atoms with E-state index in [1.54, 1.807) is 18.2 Å². The van der Waals surface area contributed by atoms with Crippen molar-refractivity contribution in [3.63, 3.8) is 0 Å². The van der Waals surface area contributed by atoms with E-state index in [-0.39, 0.29) is 5.91 Å². The van der Waals surface area contributed by atoms with E-state index in [0.717, 1.165) is 13.1 Å². The van der Waals surface area contributed by atoms with Crippen LogP contribution in [0.2, 0.25) is 0 Å². The summed E-state index contributed by atoms with van der Waals surface area (Å²) in [6.45, 7) is 4.25. The van der Waals surface area contributed by atoms with Crippen molar-refractivity contribution in [2.45, 2.75) is 26.2 Å². The highest BCUT2D eigenvalue weighted by molar-refractivity contribution is 5.91. The maximum atomic E-state index is 12.1. The Morgan fingerprint density at radius 3 is 3.15 bits per heavy atom. The third kappa shape index (κ3) is 4.07. The van der Waals surface area contributed by atoms with Crippen molar-refractivity contribution in [2.75, 3.05) is 18.4 Å². The molecule has 1 aliphatic rings. The topological polar surface area (TPSA) is 64.9 Å². The maximum Gasteiger partial charge on any atom is 0.224 e. The molecule has 1 saturated heterocycles. The lowest BCUT2D eigenvalue weighted by atomic mass is 9.85. The predicted octanol–water partition coefficient (Wildman–Crippen LogP) is 2.52. The average Bonchev–Trinajstić information content (AvgIpc) is 2.48. The Bertz CT molecular complexity index is 501. The molecule has 2 rings (SSSR count). The Morgan fingerprint density at radius 1 is 1.60 bits per heavy atom. The van der Waals surface area contributed by atoms with Gasteiger partial charge in [0.15, 0.2) is 0 Å². The van der Waals surface area contributed by atoms with Crippen LogP contribution in [0.1, 0.15) is 31.7 Å². The summed E-state index contributed by atoms with van der Waals surface area (Å²) in [5.74, 6) is 0.986. The Labute approximate surface area is 120 Å². The summed E-state index contributed by atoms with van der Waals surface area (Å²) in [7, 11) is 0. The molecule has 0 aromatic heterocycles. The van der Waals surface area contributed by atoms with Crippen LogP contribution >= 0.6 is 0 Å². The Balaban J connectivity index is 1.86. The number of benzene rings is 1. The highest BCUT2D eigenvalue weighted by Crippen LogP contribution is 2.23. The third-order valence-corrected chi connectivity index (χ3v) is 3.92. The van der Waals surface area contributed by atoms with Gasteiger partial charge in [-0.05, 0) is 56.0 Å². The van der Waals surface area contributed by atoms with Crippen molar-refractivity contribution in [1.29, 1.82) is 5.26 Å². The van der Waals surface area contributed by atoms with Gasteiger partial charge in [0, 0.05) is 12.1 Å². The van der Waals surface area contributed by atoms with Crippen LogP contribution in [0.25, 0.3) is 0 Å². The summed E-state index contributed by atoms with van der Waals surface area (Å²) in [4.78, 5) is 12.1. The van der Waals surface area contributed by atoms with Crippen molar-refractivity contribution in [1.82, 2.24) is 5.32 Å². The zero-order valence-electron chi connectivity index (χ0n) is 11.9. The standard InChI is InChI=1S/C16H21N3O/c1-12(14-5-3-7-18-11-14)8-16(20)19-15-6-2-4-13(9-15)10-17/h2,4,6,9,12,14,18H,3,5,7-8,11H2,1H3,(H,19,20). The number of hydrogen-bond donors (Lipinski definition) is 2. The molecule has 4 nitrogen and oxygen atoms in total. The minimum atomic E-state index is 0.0261. The van der Waals surface area contributed by atoms with E-state index >= 15 is 0 Å². The molecule has 1 aromatic rings. The van der Waals surface area contributed by atoms with Crippen molar-refractivity contribution < 1.29 is 4.79 Å². The Hall–Kier alpha value is -1.86. The molecule has 0 bridgehead atoms. The number of piperidine rings is 1. The maximum absolute atomic E-state index is 12.1. The first kappa shape index (κ1) is 14.5. The number of nitrogens with zero attached hydrogens (tertiary/aromatic N) is 1. The zero-order valence-corrected chi connectivity index (χ0v) is 11.9. The molecule has 0 spiro atoms. The van der Waals surface area contributed by atoms with E-state index in [0.29, 0.717) is 29.5 Å². The van der Waals surface area contributed by atoms with Gasteiger partial charge in [0.05, 0.1) is 11.6 Å². The molecule has 0 saturated carbocycles. The molecular weight excluding hydrogens is 250 g/mol. The van der Waals surface area contributed by atoms with Crippen LogP contribution in [0.5, 0.6) is 0 Å². The summed E-state index contributed by atoms with van der Waals surface area (Å²) in [5, 5.41) is 15.1. The Morgan fingerprint density at radius 2 is 2.45 bits per heavy atom. The lowest BCUT2D eigenvalue weighted by Gasteiger charge is -2.28. The van der Waals surface area contributed by atoms with E-state index in [1.807, 2.05) is 6.07 Å². The second-order valence-corrected chi connectivity index (χ2v) is 5.53. The molecule has 1 aromatic carbocycles. The normalized spacial score (nSPS) is 19.9. The van der Waals surface area contributed by atoms with Gasteiger partial charge in [-0.1, -0.05) is 13.0 Å². The van der Waals surface area contributed by atoms with E-state index in [2.05, 4.69) is 23.6 Å². The van der Waals surface area contributed by atoms with Gasteiger partial charge < -0.3 is 10.6 Å². The highest BCUT2D eigenvalue weighted by Gasteiger charge is 2.21. The molecule has 2 N–H and O–H groups in total. The lowest BCUT2D eigenvalue weighted by Crippen LogP contribution is -2.34. The van der Waals surface area contributed by atoms with Crippen LogP contribution in [0.3, 0.4) is 0 Å². The van der Waals surface area contributed by atoms with Gasteiger partial charge in [-0.3, -0.25) is 4.79 Å². The van der Waals surface area contributed by atoms with Gasteiger partial charge in [0.2, 0.25) is 5.91 Å². The molecule has 20 heavy (non-hydrogen) atoms.